The molecule has 2 aromatic carbocycles. The van der Waals surface area contributed by atoms with E-state index in [1.807, 2.05) is 44.2 Å². The zero-order chi connectivity index (χ0) is 20.5. The fourth-order valence-electron chi connectivity index (χ4n) is 3.51. The van der Waals surface area contributed by atoms with Crippen molar-refractivity contribution in [2.24, 2.45) is 5.92 Å². The van der Waals surface area contributed by atoms with Gasteiger partial charge in [0.2, 0.25) is 0 Å². The van der Waals surface area contributed by atoms with Gasteiger partial charge in [0.05, 0.1) is 28.6 Å². The Hall–Kier alpha value is -2.77. The molecule has 0 saturated heterocycles. The quantitative estimate of drug-likeness (QED) is 0.459. The number of imidazole rings is 1. The normalized spacial score (nSPS) is 12.7. The van der Waals surface area contributed by atoms with E-state index in [-0.39, 0.29) is 30.3 Å². The maximum atomic E-state index is 14.4. The summed E-state index contributed by atoms with van der Waals surface area (Å²) in [6.07, 6.45) is 0. The zero-order valence-corrected chi connectivity index (χ0v) is 17.3. The lowest BCUT2D eigenvalue weighted by Crippen LogP contribution is -2.32. The number of rotatable bonds is 6. The number of hydrogen-bond donors (Lipinski definition) is 2. The number of aromatic amines is 1. The number of para-hydroxylation sites is 2. The molecule has 1 unspecified atom stereocenters. The summed E-state index contributed by atoms with van der Waals surface area (Å²) in [7, 11) is 1.54. The molecule has 5 nitrogen and oxygen atoms in total. The highest BCUT2D eigenvalue weighted by Gasteiger charge is 2.26. The highest BCUT2D eigenvalue weighted by Crippen LogP contribution is 2.34. The van der Waals surface area contributed by atoms with Crippen LogP contribution in [0.15, 0.2) is 42.5 Å². The van der Waals surface area contributed by atoms with Crippen LogP contribution in [0, 0.1) is 11.7 Å². The molecule has 4 rings (SSSR count). The lowest BCUT2D eigenvalue weighted by molar-refractivity contribution is 0.0923. The minimum Gasteiger partial charge on any atom is -0.380 e. The van der Waals surface area contributed by atoms with E-state index in [2.05, 4.69) is 15.3 Å². The minimum absolute atomic E-state index is 0.108. The second kappa shape index (κ2) is 7.93. The number of H-pyrrole nitrogens is 1. The van der Waals surface area contributed by atoms with Gasteiger partial charge >= 0.3 is 0 Å². The van der Waals surface area contributed by atoms with E-state index in [1.165, 1.54) is 24.5 Å². The van der Waals surface area contributed by atoms with Crippen molar-refractivity contribution >= 4 is 38.4 Å². The number of ether oxygens (including phenoxy) is 1. The summed E-state index contributed by atoms with van der Waals surface area (Å²) in [4.78, 5) is 21.6. The maximum Gasteiger partial charge on any atom is 0.262 e. The second-order valence-electron chi connectivity index (χ2n) is 7.29. The van der Waals surface area contributed by atoms with E-state index in [4.69, 9.17) is 4.74 Å². The number of nitrogens with zero attached hydrogens (tertiary/aromatic N) is 1. The smallest absolute Gasteiger partial charge is 0.262 e. The van der Waals surface area contributed by atoms with Crippen molar-refractivity contribution in [3.8, 4) is 0 Å². The van der Waals surface area contributed by atoms with Crippen LogP contribution in [-0.4, -0.2) is 23.0 Å². The highest BCUT2D eigenvalue weighted by atomic mass is 32.1. The van der Waals surface area contributed by atoms with Gasteiger partial charge in [-0.05, 0) is 30.2 Å². The van der Waals surface area contributed by atoms with E-state index >= 15 is 0 Å². The Bertz CT molecular complexity index is 1150. The molecule has 1 amide bonds. The van der Waals surface area contributed by atoms with Crippen LogP contribution >= 0.6 is 11.3 Å². The van der Waals surface area contributed by atoms with Gasteiger partial charge in [-0.15, -0.1) is 11.3 Å². The van der Waals surface area contributed by atoms with Crippen molar-refractivity contribution in [2.75, 3.05) is 7.11 Å². The molecule has 150 valence electrons. The Morgan fingerprint density at radius 2 is 2.03 bits per heavy atom. The fraction of sp³-hybridized carbons (Fsp3) is 0.273. The van der Waals surface area contributed by atoms with Gasteiger partial charge < -0.3 is 15.0 Å². The maximum absolute atomic E-state index is 14.4. The van der Waals surface area contributed by atoms with E-state index in [0.29, 0.717) is 21.7 Å². The molecule has 2 heterocycles. The van der Waals surface area contributed by atoms with Crippen LogP contribution in [0.5, 0.6) is 0 Å². The molecule has 0 aliphatic rings. The topological polar surface area (TPSA) is 67.0 Å². The van der Waals surface area contributed by atoms with E-state index in [9.17, 15) is 9.18 Å². The molecule has 4 aromatic rings. The van der Waals surface area contributed by atoms with Crippen molar-refractivity contribution in [1.82, 2.24) is 15.3 Å². The number of amides is 1. The number of nitrogens with one attached hydrogen (secondary N) is 2. The molecule has 1 atom stereocenters. The summed E-state index contributed by atoms with van der Waals surface area (Å²) in [5, 5.41) is 3.54. The summed E-state index contributed by atoms with van der Waals surface area (Å²) >= 11 is 1.28. The van der Waals surface area contributed by atoms with Crippen LogP contribution in [0.1, 0.15) is 40.9 Å². The first-order valence-electron chi connectivity index (χ1n) is 9.44. The van der Waals surface area contributed by atoms with Crippen molar-refractivity contribution < 1.29 is 13.9 Å². The summed E-state index contributed by atoms with van der Waals surface area (Å²) < 4.78 is 20.4. The first-order valence-corrected chi connectivity index (χ1v) is 10.3. The summed E-state index contributed by atoms with van der Waals surface area (Å²) in [6, 6.07) is 12.3. The van der Waals surface area contributed by atoms with Gasteiger partial charge in [0.1, 0.15) is 11.6 Å². The third-order valence-electron chi connectivity index (χ3n) is 4.91. The molecular formula is C22H22FN3O2S. The molecule has 0 fully saturated rings. The number of carbonyl (C=O) groups is 1. The average Bonchev–Trinajstić information content (AvgIpc) is 3.28. The SMILES string of the molecule is COCc1c(C(=O)NC(c2nc3ccccc3[nH]2)C(C)C)sc2cccc(F)c12. The number of hydrogen-bond acceptors (Lipinski definition) is 4. The van der Waals surface area contributed by atoms with Crippen molar-refractivity contribution in [3.63, 3.8) is 0 Å². The van der Waals surface area contributed by atoms with Crippen LogP contribution in [0.25, 0.3) is 21.1 Å². The first-order chi connectivity index (χ1) is 14.0. The van der Waals surface area contributed by atoms with Crippen LogP contribution in [-0.2, 0) is 11.3 Å². The Morgan fingerprint density at radius 3 is 2.76 bits per heavy atom. The lowest BCUT2D eigenvalue weighted by atomic mass is 10.0. The number of halogens is 1. The average molecular weight is 412 g/mol. The first kappa shape index (κ1) is 19.5. The van der Waals surface area contributed by atoms with Gasteiger partial charge in [0.15, 0.2) is 0 Å². The van der Waals surface area contributed by atoms with E-state index < -0.39 is 0 Å². The number of aromatic nitrogens is 2. The Morgan fingerprint density at radius 1 is 1.24 bits per heavy atom. The molecule has 2 N–H and O–H groups in total. The van der Waals surface area contributed by atoms with Crippen LogP contribution < -0.4 is 5.32 Å². The van der Waals surface area contributed by atoms with Crippen molar-refractivity contribution in [1.29, 1.82) is 0 Å². The van der Waals surface area contributed by atoms with Crippen molar-refractivity contribution in [3.05, 3.63) is 64.5 Å². The largest absolute Gasteiger partial charge is 0.380 e. The van der Waals surface area contributed by atoms with Gasteiger partial charge in [0, 0.05) is 22.8 Å². The molecule has 7 heteroatoms. The van der Waals surface area contributed by atoms with Gasteiger partial charge in [-0.2, -0.15) is 0 Å². The predicted octanol–water partition coefficient (Wildman–Crippen LogP) is 5.19. The third kappa shape index (κ3) is 3.63. The number of fused-ring (bicyclic) bond motifs is 2. The third-order valence-corrected chi connectivity index (χ3v) is 6.11. The second-order valence-corrected chi connectivity index (χ2v) is 8.34. The molecule has 2 aromatic heterocycles. The molecule has 0 bridgehead atoms. The summed E-state index contributed by atoms with van der Waals surface area (Å²) in [6.45, 7) is 4.22. The van der Waals surface area contributed by atoms with Crippen LogP contribution in [0.3, 0.4) is 0 Å². The van der Waals surface area contributed by atoms with Crippen LogP contribution in [0.2, 0.25) is 0 Å². The molecule has 0 saturated carbocycles. The monoisotopic (exact) mass is 411 g/mol. The zero-order valence-electron chi connectivity index (χ0n) is 16.5. The lowest BCUT2D eigenvalue weighted by Gasteiger charge is -2.20. The minimum atomic E-state index is -0.345. The Labute approximate surface area is 171 Å². The molecule has 0 aliphatic carbocycles. The Kier molecular flexibility index (Phi) is 5.34. The molecule has 0 radical (unpaired) electrons. The molecule has 0 aliphatic heterocycles. The number of benzene rings is 2. The fourth-order valence-corrected chi connectivity index (χ4v) is 4.64. The number of carbonyl (C=O) groups excluding carboxylic acids is 1. The predicted molar refractivity (Wildman–Crippen MR) is 114 cm³/mol. The molecular weight excluding hydrogens is 389 g/mol. The number of thiophene rings is 1. The van der Waals surface area contributed by atoms with Gasteiger partial charge in [-0.25, -0.2) is 9.37 Å². The van der Waals surface area contributed by atoms with E-state index in [1.54, 1.807) is 6.07 Å². The van der Waals surface area contributed by atoms with Crippen molar-refractivity contribution in [2.45, 2.75) is 26.5 Å². The highest BCUT2D eigenvalue weighted by molar-refractivity contribution is 7.21. The molecule has 29 heavy (non-hydrogen) atoms. The summed E-state index contributed by atoms with van der Waals surface area (Å²) in [5.74, 6) is 0.214. The number of methoxy groups -OCH3 is 1. The van der Waals surface area contributed by atoms with Gasteiger partial charge in [-0.3, -0.25) is 4.79 Å². The standard InChI is InChI=1S/C22H22FN3O2S/c1-12(2)19(21-24-15-8-4-5-9-16(15)25-21)26-22(27)20-13(11-28-3)18-14(23)7-6-10-17(18)29-20/h4-10,12,19H,11H2,1-3H3,(H,24,25)(H,26,27). The van der Waals surface area contributed by atoms with E-state index in [0.717, 1.165) is 15.7 Å². The summed E-state index contributed by atoms with van der Waals surface area (Å²) in [5.41, 5.74) is 2.35. The Balaban J connectivity index is 1.71. The van der Waals surface area contributed by atoms with Gasteiger partial charge in [0.25, 0.3) is 5.91 Å². The van der Waals surface area contributed by atoms with Crippen LogP contribution in [0.4, 0.5) is 4.39 Å². The molecule has 0 spiro atoms. The van der Waals surface area contributed by atoms with Gasteiger partial charge in [-0.1, -0.05) is 32.0 Å².